The lowest BCUT2D eigenvalue weighted by atomic mass is 9.98. The summed E-state index contributed by atoms with van der Waals surface area (Å²) in [6.45, 7) is 9.68. The number of hydrogen-bond donors (Lipinski definition) is 2. The molecule has 1 saturated heterocycles. The van der Waals surface area contributed by atoms with Crippen LogP contribution in [0.25, 0.3) is 0 Å². The van der Waals surface area contributed by atoms with Crippen molar-refractivity contribution in [1.82, 2.24) is 15.1 Å². The molecule has 1 aromatic rings. The summed E-state index contributed by atoms with van der Waals surface area (Å²) in [5, 5.41) is 13.2. The molecule has 0 radical (unpaired) electrons. The smallest absolute Gasteiger partial charge is 0.225 e. The van der Waals surface area contributed by atoms with Crippen molar-refractivity contribution in [2.75, 3.05) is 32.7 Å². The summed E-state index contributed by atoms with van der Waals surface area (Å²) in [5.41, 5.74) is 3.34. The van der Waals surface area contributed by atoms with E-state index in [9.17, 15) is 9.90 Å². The van der Waals surface area contributed by atoms with E-state index in [1.54, 1.807) is 13.8 Å². The molecule has 0 spiro atoms. The van der Waals surface area contributed by atoms with Gasteiger partial charge in [0.15, 0.2) is 0 Å². The molecule has 1 aromatic carbocycles. The van der Waals surface area contributed by atoms with Crippen LogP contribution in [-0.2, 0) is 24.3 Å². The van der Waals surface area contributed by atoms with Crippen LogP contribution in [0.3, 0.4) is 0 Å². The molecule has 2 heterocycles. The lowest BCUT2D eigenvalue weighted by Crippen LogP contribution is -2.49. The Hall–Kier alpha value is -1.43. The minimum absolute atomic E-state index is 0.0587. The minimum Gasteiger partial charge on any atom is -0.390 e. The van der Waals surface area contributed by atoms with Gasteiger partial charge in [0.05, 0.1) is 12.0 Å². The second-order valence-corrected chi connectivity index (χ2v) is 7.68. The van der Waals surface area contributed by atoms with Crippen molar-refractivity contribution in [3.63, 3.8) is 0 Å². The van der Waals surface area contributed by atoms with Crippen LogP contribution in [0.1, 0.15) is 37.0 Å². The Kier molecular flexibility index (Phi) is 5.23. The molecule has 0 saturated carbocycles. The molecule has 0 bridgehead atoms. The first-order chi connectivity index (χ1) is 11.4. The van der Waals surface area contributed by atoms with Crippen molar-refractivity contribution < 1.29 is 9.90 Å². The maximum atomic E-state index is 12.2. The van der Waals surface area contributed by atoms with Gasteiger partial charge >= 0.3 is 0 Å². The molecule has 5 nitrogen and oxygen atoms in total. The van der Waals surface area contributed by atoms with Gasteiger partial charge in [0.2, 0.25) is 5.91 Å². The maximum Gasteiger partial charge on any atom is 0.225 e. The largest absolute Gasteiger partial charge is 0.390 e. The van der Waals surface area contributed by atoms with Gasteiger partial charge < -0.3 is 15.3 Å². The predicted octanol–water partition coefficient (Wildman–Crippen LogP) is 1.14. The standard InChI is InChI=1S/C19H29N3O2/c1-19(2,24)12-18(23)22-9-7-21(8-10-22)14-15-3-4-17-13-20-6-5-16(17)11-15/h3-4,11,20,24H,5-10,12-14H2,1-2H3. The van der Waals surface area contributed by atoms with Gasteiger partial charge in [-0.3, -0.25) is 9.69 Å². The van der Waals surface area contributed by atoms with Crippen molar-refractivity contribution in [2.24, 2.45) is 0 Å². The lowest BCUT2D eigenvalue weighted by molar-refractivity contribution is -0.137. The Morgan fingerprint density at radius 1 is 1.21 bits per heavy atom. The molecule has 0 aromatic heterocycles. The molecule has 3 rings (SSSR count). The van der Waals surface area contributed by atoms with Crippen molar-refractivity contribution in [1.29, 1.82) is 0 Å². The summed E-state index contributed by atoms with van der Waals surface area (Å²) < 4.78 is 0. The van der Waals surface area contributed by atoms with Gasteiger partial charge in [-0.05, 0) is 43.5 Å². The number of nitrogens with zero attached hydrogens (tertiary/aromatic N) is 2. The Morgan fingerprint density at radius 2 is 1.96 bits per heavy atom. The first-order valence-electron chi connectivity index (χ1n) is 8.95. The molecule has 0 atom stereocenters. The number of hydrogen-bond acceptors (Lipinski definition) is 4. The van der Waals surface area contributed by atoms with Gasteiger partial charge in [0.1, 0.15) is 0 Å². The van der Waals surface area contributed by atoms with E-state index in [2.05, 4.69) is 28.4 Å². The summed E-state index contributed by atoms with van der Waals surface area (Å²) in [6, 6.07) is 6.83. The van der Waals surface area contributed by atoms with E-state index in [0.29, 0.717) is 0 Å². The van der Waals surface area contributed by atoms with E-state index in [0.717, 1.165) is 52.2 Å². The molecule has 2 N–H and O–H groups in total. The Morgan fingerprint density at radius 3 is 2.67 bits per heavy atom. The van der Waals surface area contributed by atoms with Crippen molar-refractivity contribution in [3.8, 4) is 0 Å². The third-order valence-electron chi connectivity index (χ3n) is 4.87. The fraction of sp³-hybridized carbons (Fsp3) is 0.632. The number of aliphatic hydroxyl groups is 1. The summed E-state index contributed by atoms with van der Waals surface area (Å²) in [5.74, 6) is 0.0587. The molecule has 1 fully saturated rings. The highest BCUT2D eigenvalue weighted by atomic mass is 16.3. The minimum atomic E-state index is -0.924. The number of piperazine rings is 1. The summed E-state index contributed by atoms with van der Waals surface area (Å²) in [6.07, 6.45) is 1.31. The highest BCUT2D eigenvalue weighted by Gasteiger charge is 2.25. The van der Waals surface area contributed by atoms with Crippen molar-refractivity contribution >= 4 is 5.91 Å². The van der Waals surface area contributed by atoms with Gasteiger partial charge in [-0.2, -0.15) is 0 Å². The Labute approximate surface area is 144 Å². The van der Waals surface area contributed by atoms with Crippen LogP contribution in [0.4, 0.5) is 0 Å². The third kappa shape index (κ3) is 4.56. The molecule has 24 heavy (non-hydrogen) atoms. The van der Waals surface area contributed by atoms with E-state index in [4.69, 9.17) is 0 Å². The normalized spacial score (nSPS) is 19.2. The number of benzene rings is 1. The molecule has 1 amide bonds. The quantitative estimate of drug-likeness (QED) is 0.869. The van der Waals surface area contributed by atoms with E-state index in [1.807, 2.05) is 4.90 Å². The van der Waals surface area contributed by atoms with Gasteiger partial charge in [0, 0.05) is 39.3 Å². The van der Waals surface area contributed by atoms with E-state index in [-0.39, 0.29) is 12.3 Å². The first kappa shape index (κ1) is 17.4. The monoisotopic (exact) mass is 331 g/mol. The zero-order chi connectivity index (χ0) is 17.2. The van der Waals surface area contributed by atoms with Gasteiger partial charge in [-0.1, -0.05) is 18.2 Å². The molecule has 2 aliphatic rings. The maximum absolute atomic E-state index is 12.2. The van der Waals surface area contributed by atoms with Crippen molar-refractivity contribution in [2.45, 2.75) is 45.4 Å². The number of rotatable bonds is 4. The van der Waals surface area contributed by atoms with Crippen LogP contribution >= 0.6 is 0 Å². The molecular formula is C19H29N3O2. The summed E-state index contributed by atoms with van der Waals surface area (Å²) in [4.78, 5) is 16.5. The van der Waals surface area contributed by atoms with Crippen LogP contribution in [0.2, 0.25) is 0 Å². The zero-order valence-electron chi connectivity index (χ0n) is 14.8. The summed E-state index contributed by atoms with van der Waals surface area (Å²) >= 11 is 0. The third-order valence-corrected chi connectivity index (χ3v) is 4.87. The lowest BCUT2D eigenvalue weighted by Gasteiger charge is -2.36. The Bertz CT molecular complexity index is 587. The second-order valence-electron chi connectivity index (χ2n) is 7.68. The molecule has 132 valence electrons. The van der Waals surface area contributed by atoms with E-state index >= 15 is 0 Å². The highest BCUT2D eigenvalue weighted by Crippen LogP contribution is 2.18. The number of fused-ring (bicyclic) bond motifs is 1. The van der Waals surface area contributed by atoms with Crippen LogP contribution in [0.5, 0.6) is 0 Å². The molecule has 0 aliphatic carbocycles. The van der Waals surface area contributed by atoms with Gasteiger partial charge in [-0.25, -0.2) is 0 Å². The predicted molar refractivity (Wildman–Crippen MR) is 94.6 cm³/mol. The van der Waals surface area contributed by atoms with E-state index in [1.165, 1.54) is 16.7 Å². The average molecular weight is 331 g/mol. The zero-order valence-corrected chi connectivity index (χ0v) is 14.8. The molecule has 0 unspecified atom stereocenters. The van der Waals surface area contributed by atoms with E-state index < -0.39 is 5.60 Å². The van der Waals surface area contributed by atoms with Gasteiger partial charge in [-0.15, -0.1) is 0 Å². The first-order valence-corrected chi connectivity index (χ1v) is 8.95. The fourth-order valence-electron chi connectivity index (χ4n) is 3.52. The van der Waals surface area contributed by atoms with Crippen LogP contribution < -0.4 is 5.32 Å². The number of carbonyl (C=O) groups is 1. The van der Waals surface area contributed by atoms with Crippen LogP contribution in [0.15, 0.2) is 18.2 Å². The molecule has 2 aliphatic heterocycles. The topological polar surface area (TPSA) is 55.8 Å². The molecular weight excluding hydrogens is 302 g/mol. The van der Waals surface area contributed by atoms with Crippen molar-refractivity contribution in [3.05, 3.63) is 34.9 Å². The van der Waals surface area contributed by atoms with Gasteiger partial charge in [0.25, 0.3) is 0 Å². The number of amides is 1. The number of nitrogens with one attached hydrogen (secondary N) is 1. The Balaban J connectivity index is 1.51. The second kappa shape index (κ2) is 7.21. The van der Waals surface area contributed by atoms with Crippen LogP contribution in [0, 0.1) is 0 Å². The fourth-order valence-corrected chi connectivity index (χ4v) is 3.52. The van der Waals surface area contributed by atoms with Crippen LogP contribution in [-0.4, -0.2) is 59.1 Å². The number of carbonyl (C=O) groups excluding carboxylic acids is 1. The SMILES string of the molecule is CC(C)(O)CC(=O)N1CCN(Cc2ccc3c(c2)CCNC3)CC1. The average Bonchev–Trinajstić information content (AvgIpc) is 2.54. The highest BCUT2D eigenvalue weighted by molar-refractivity contribution is 5.77. The summed E-state index contributed by atoms with van der Waals surface area (Å²) in [7, 11) is 0. The molecule has 5 heteroatoms.